The standard InChI is InChI=1S/C12H17N3O4S/c1-9-8-11(15(16)17)4-5-12(9)20(18,19)14-7-6-13-10-2-3-10/h4-5,8,10,13-14H,2-3,6-7H2,1H3. The zero-order valence-electron chi connectivity index (χ0n) is 11.1. The summed E-state index contributed by atoms with van der Waals surface area (Å²) in [5, 5.41) is 13.8. The van der Waals surface area contributed by atoms with Gasteiger partial charge in [0.1, 0.15) is 0 Å². The average molecular weight is 299 g/mol. The van der Waals surface area contributed by atoms with Crippen LogP contribution in [0.2, 0.25) is 0 Å². The highest BCUT2D eigenvalue weighted by atomic mass is 32.2. The van der Waals surface area contributed by atoms with E-state index in [0.29, 0.717) is 24.7 Å². The number of rotatable bonds is 7. The summed E-state index contributed by atoms with van der Waals surface area (Å²) in [6.45, 7) is 2.43. The molecule has 1 aliphatic carbocycles. The third-order valence-electron chi connectivity index (χ3n) is 3.09. The average Bonchev–Trinajstić information content (AvgIpc) is 3.18. The summed E-state index contributed by atoms with van der Waals surface area (Å²) in [7, 11) is -3.62. The molecule has 20 heavy (non-hydrogen) atoms. The molecule has 1 fully saturated rings. The maximum atomic E-state index is 12.1. The Kier molecular flexibility index (Phi) is 4.36. The number of benzene rings is 1. The summed E-state index contributed by atoms with van der Waals surface area (Å²) in [5.74, 6) is 0. The van der Waals surface area contributed by atoms with E-state index in [9.17, 15) is 18.5 Å². The quantitative estimate of drug-likeness (QED) is 0.443. The number of non-ortho nitro benzene ring substituents is 1. The molecule has 1 aliphatic rings. The summed E-state index contributed by atoms with van der Waals surface area (Å²) in [6.07, 6.45) is 2.29. The normalized spacial score (nSPS) is 15.2. The van der Waals surface area contributed by atoms with Gasteiger partial charge in [-0.05, 0) is 31.4 Å². The van der Waals surface area contributed by atoms with Crippen LogP contribution < -0.4 is 10.0 Å². The SMILES string of the molecule is Cc1cc([N+](=O)[O-])ccc1S(=O)(=O)NCCNC1CC1. The van der Waals surface area contributed by atoms with Crippen molar-refractivity contribution in [1.29, 1.82) is 0 Å². The van der Waals surface area contributed by atoms with Crippen molar-refractivity contribution in [3.8, 4) is 0 Å². The lowest BCUT2D eigenvalue weighted by atomic mass is 10.2. The van der Waals surface area contributed by atoms with E-state index >= 15 is 0 Å². The molecule has 8 heteroatoms. The van der Waals surface area contributed by atoms with Crippen LogP contribution >= 0.6 is 0 Å². The molecule has 7 nitrogen and oxygen atoms in total. The van der Waals surface area contributed by atoms with Crippen LogP contribution in [0.4, 0.5) is 5.69 Å². The Morgan fingerprint density at radius 1 is 1.35 bits per heavy atom. The van der Waals surface area contributed by atoms with Crippen molar-refractivity contribution in [3.63, 3.8) is 0 Å². The van der Waals surface area contributed by atoms with Crippen LogP contribution in [-0.2, 0) is 10.0 Å². The number of nitrogens with zero attached hydrogens (tertiary/aromatic N) is 1. The van der Waals surface area contributed by atoms with E-state index in [1.807, 2.05) is 0 Å². The second-order valence-electron chi connectivity index (χ2n) is 4.83. The first-order chi connectivity index (χ1) is 9.40. The highest BCUT2D eigenvalue weighted by molar-refractivity contribution is 7.89. The molecule has 1 saturated carbocycles. The zero-order valence-corrected chi connectivity index (χ0v) is 11.9. The summed E-state index contributed by atoms with van der Waals surface area (Å²) >= 11 is 0. The number of hydrogen-bond acceptors (Lipinski definition) is 5. The number of aryl methyl sites for hydroxylation is 1. The predicted molar refractivity (Wildman–Crippen MR) is 74.0 cm³/mol. The molecule has 0 atom stereocenters. The second kappa shape index (κ2) is 5.86. The van der Waals surface area contributed by atoms with Crippen LogP contribution in [0.3, 0.4) is 0 Å². The minimum atomic E-state index is -3.62. The molecule has 0 aliphatic heterocycles. The van der Waals surface area contributed by atoms with Crippen molar-refractivity contribution >= 4 is 15.7 Å². The van der Waals surface area contributed by atoms with Crippen molar-refractivity contribution in [2.24, 2.45) is 0 Å². The number of nitrogens with one attached hydrogen (secondary N) is 2. The zero-order chi connectivity index (χ0) is 14.8. The first kappa shape index (κ1) is 14.9. The van der Waals surface area contributed by atoms with Gasteiger partial charge in [0.05, 0.1) is 9.82 Å². The summed E-state index contributed by atoms with van der Waals surface area (Å²) < 4.78 is 26.7. The molecule has 1 aromatic carbocycles. The van der Waals surface area contributed by atoms with Gasteiger partial charge in [0.15, 0.2) is 0 Å². The van der Waals surface area contributed by atoms with Gasteiger partial charge in [-0.3, -0.25) is 10.1 Å². The Balaban J connectivity index is 2.02. The van der Waals surface area contributed by atoms with Crippen molar-refractivity contribution in [3.05, 3.63) is 33.9 Å². The third kappa shape index (κ3) is 3.75. The molecular weight excluding hydrogens is 282 g/mol. The maximum absolute atomic E-state index is 12.1. The molecule has 0 spiro atoms. The molecule has 0 radical (unpaired) electrons. The second-order valence-corrected chi connectivity index (χ2v) is 6.57. The fourth-order valence-corrected chi connectivity index (χ4v) is 3.13. The molecule has 110 valence electrons. The molecule has 0 saturated heterocycles. The molecule has 0 heterocycles. The van der Waals surface area contributed by atoms with Crippen molar-refractivity contribution in [2.75, 3.05) is 13.1 Å². The van der Waals surface area contributed by atoms with Gasteiger partial charge in [-0.25, -0.2) is 13.1 Å². The first-order valence-electron chi connectivity index (χ1n) is 6.38. The fraction of sp³-hybridized carbons (Fsp3) is 0.500. The van der Waals surface area contributed by atoms with E-state index in [2.05, 4.69) is 10.0 Å². The van der Waals surface area contributed by atoms with Gasteiger partial charge >= 0.3 is 0 Å². The van der Waals surface area contributed by atoms with Crippen molar-refractivity contribution in [1.82, 2.24) is 10.0 Å². The van der Waals surface area contributed by atoms with Crippen LogP contribution in [0.15, 0.2) is 23.1 Å². The molecule has 2 N–H and O–H groups in total. The summed E-state index contributed by atoms with van der Waals surface area (Å²) in [6, 6.07) is 4.26. The Morgan fingerprint density at radius 3 is 2.60 bits per heavy atom. The smallest absolute Gasteiger partial charge is 0.269 e. The number of hydrogen-bond donors (Lipinski definition) is 2. The van der Waals surface area contributed by atoms with Gasteiger partial charge in [0.25, 0.3) is 5.69 Å². The van der Waals surface area contributed by atoms with Gasteiger partial charge in [-0.1, -0.05) is 0 Å². The predicted octanol–water partition coefficient (Wildman–Crippen LogP) is 0.934. The van der Waals surface area contributed by atoms with Gasteiger partial charge in [-0.2, -0.15) is 0 Å². The Morgan fingerprint density at radius 2 is 2.05 bits per heavy atom. The minimum absolute atomic E-state index is 0.0783. The van der Waals surface area contributed by atoms with Gasteiger partial charge < -0.3 is 5.32 Å². The Hall–Kier alpha value is -1.51. The van der Waals surface area contributed by atoms with Crippen LogP contribution in [-0.4, -0.2) is 32.5 Å². The molecule has 0 unspecified atom stereocenters. The highest BCUT2D eigenvalue weighted by Gasteiger charge is 2.21. The Labute approximate surface area is 117 Å². The van der Waals surface area contributed by atoms with E-state index in [1.165, 1.54) is 18.2 Å². The number of nitro benzene ring substituents is 1. The topological polar surface area (TPSA) is 101 Å². The van der Waals surface area contributed by atoms with Crippen molar-refractivity contribution in [2.45, 2.75) is 30.7 Å². The first-order valence-corrected chi connectivity index (χ1v) is 7.86. The summed E-state index contributed by atoms with van der Waals surface area (Å²) in [5.41, 5.74) is 0.249. The summed E-state index contributed by atoms with van der Waals surface area (Å²) in [4.78, 5) is 10.2. The molecule has 0 amide bonds. The van der Waals surface area contributed by atoms with Crippen LogP contribution in [0.1, 0.15) is 18.4 Å². The largest absolute Gasteiger partial charge is 0.313 e. The van der Waals surface area contributed by atoms with Crippen LogP contribution in [0.25, 0.3) is 0 Å². The van der Waals surface area contributed by atoms with Gasteiger partial charge in [0.2, 0.25) is 10.0 Å². The third-order valence-corrected chi connectivity index (χ3v) is 4.71. The van der Waals surface area contributed by atoms with Gasteiger partial charge in [0, 0.05) is 31.3 Å². The number of sulfonamides is 1. The lowest BCUT2D eigenvalue weighted by Gasteiger charge is -2.09. The van der Waals surface area contributed by atoms with E-state index in [4.69, 9.17) is 0 Å². The van der Waals surface area contributed by atoms with E-state index in [1.54, 1.807) is 6.92 Å². The maximum Gasteiger partial charge on any atom is 0.269 e. The fourth-order valence-electron chi connectivity index (χ4n) is 1.88. The van der Waals surface area contributed by atoms with Gasteiger partial charge in [-0.15, -0.1) is 0 Å². The lowest BCUT2D eigenvalue weighted by molar-refractivity contribution is -0.385. The van der Waals surface area contributed by atoms with E-state index in [-0.39, 0.29) is 10.6 Å². The minimum Gasteiger partial charge on any atom is -0.313 e. The van der Waals surface area contributed by atoms with Crippen LogP contribution in [0, 0.1) is 17.0 Å². The molecule has 2 rings (SSSR count). The molecule has 0 aromatic heterocycles. The van der Waals surface area contributed by atoms with E-state index < -0.39 is 14.9 Å². The molecule has 0 bridgehead atoms. The Bertz CT molecular complexity index is 611. The lowest BCUT2D eigenvalue weighted by Crippen LogP contribution is -2.33. The molecular formula is C12H17N3O4S. The van der Waals surface area contributed by atoms with Crippen molar-refractivity contribution < 1.29 is 13.3 Å². The van der Waals surface area contributed by atoms with E-state index in [0.717, 1.165) is 12.8 Å². The highest BCUT2D eigenvalue weighted by Crippen LogP contribution is 2.21. The monoisotopic (exact) mass is 299 g/mol. The molecule has 1 aromatic rings. The van der Waals surface area contributed by atoms with Crippen LogP contribution in [0.5, 0.6) is 0 Å². The number of nitro groups is 1.